The molecule has 0 saturated carbocycles. The Morgan fingerprint density at radius 3 is 1.12 bits per heavy atom. The van der Waals surface area contributed by atoms with Crippen molar-refractivity contribution in [3.8, 4) is 33.4 Å². The second-order valence-electron chi connectivity index (χ2n) is 11.0. The zero-order valence-corrected chi connectivity index (χ0v) is 24.8. The van der Waals surface area contributed by atoms with Gasteiger partial charge < -0.3 is 4.74 Å². The smallest absolute Gasteiger partial charge is 0.242 e. The summed E-state index contributed by atoms with van der Waals surface area (Å²) in [5.41, 5.74) is 13.5. The Kier molecular flexibility index (Phi) is 8.78. The van der Waals surface area contributed by atoms with Crippen LogP contribution in [0.5, 0.6) is 0 Å². The second-order valence-corrected chi connectivity index (χ2v) is 11.0. The van der Waals surface area contributed by atoms with Crippen molar-refractivity contribution < 1.29 is 4.74 Å². The monoisotopic (exact) mass is 554 g/mol. The molecule has 0 aliphatic carbocycles. The lowest BCUT2D eigenvalue weighted by Gasteiger charge is -2.23. The largest absolute Gasteiger partial charge is 0.380 e. The molecular formula is C41H35BO. The van der Waals surface area contributed by atoms with Crippen molar-refractivity contribution in [3.63, 3.8) is 0 Å². The van der Waals surface area contributed by atoms with Crippen LogP contribution in [0.1, 0.15) is 12.5 Å². The maximum atomic E-state index is 5.72. The summed E-state index contributed by atoms with van der Waals surface area (Å²) < 4.78 is 5.72. The van der Waals surface area contributed by atoms with Crippen LogP contribution in [0.25, 0.3) is 38.9 Å². The van der Waals surface area contributed by atoms with Crippen molar-refractivity contribution in [2.75, 3.05) is 13.7 Å². The number of hydrogen-bond acceptors (Lipinski definition) is 1. The van der Waals surface area contributed by atoms with Gasteiger partial charge >= 0.3 is 0 Å². The molecule has 208 valence electrons. The van der Waals surface area contributed by atoms with Gasteiger partial charge in [0.2, 0.25) is 6.71 Å². The molecule has 0 spiro atoms. The number of rotatable bonds is 9. The molecule has 6 aromatic rings. The van der Waals surface area contributed by atoms with Gasteiger partial charge in [0.1, 0.15) is 0 Å². The Morgan fingerprint density at radius 2 is 0.767 bits per heavy atom. The van der Waals surface area contributed by atoms with Gasteiger partial charge in [0.05, 0.1) is 6.61 Å². The molecule has 0 saturated heterocycles. The number of methoxy groups -OCH3 is 1. The van der Waals surface area contributed by atoms with Crippen molar-refractivity contribution in [2.24, 2.45) is 0 Å². The third-order valence-corrected chi connectivity index (χ3v) is 8.11. The van der Waals surface area contributed by atoms with Crippen LogP contribution in [0.4, 0.5) is 0 Å². The van der Waals surface area contributed by atoms with E-state index in [1.54, 1.807) is 7.11 Å². The van der Waals surface area contributed by atoms with Gasteiger partial charge in [0, 0.05) is 7.11 Å². The Labute approximate surface area is 256 Å². The molecule has 0 amide bonds. The summed E-state index contributed by atoms with van der Waals surface area (Å²) in [6, 6.07) is 58.8. The van der Waals surface area contributed by atoms with Crippen LogP contribution in [0.15, 0.2) is 169 Å². The van der Waals surface area contributed by atoms with Crippen LogP contribution in [-0.2, 0) is 4.74 Å². The van der Waals surface area contributed by atoms with E-state index >= 15 is 0 Å². The van der Waals surface area contributed by atoms with Gasteiger partial charge in [-0.3, -0.25) is 0 Å². The van der Waals surface area contributed by atoms with Gasteiger partial charge in [-0.05, 0) is 45.9 Å². The number of ether oxygens (including phenoxy) is 1. The van der Waals surface area contributed by atoms with E-state index in [0.29, 0.717) is 6.61 Å². The van der Waals surface area contributed by atoms with Crippen molar-refractivity contribution in [1.82, 2.24) is 0 Å². The first-order valence-electron chi connectivity index (χ1n) is 14.9. The van der Waals surface area contributed by atoms with Gasteiger partial charge in [0.15, 0.2) is 0 Å². The van der Waals surface area contributed by atoms with Crippen LogP contribution in [0.2, 0.25) is 0 Å². The quantitative estimate of drug-likeness (QED) is 0.162. The molecule has 6 rings (SSSR count). The highest BCUT2D eigenvalue weighted by Gasteiger charge is 2.27. The van der Waals surface area contributed by atoms with Gasteiger partial charge in [-0.1, -0.05) is 186 Å². The van der Waals surface area contributed by atoms with E-state index in [1.807, 2.05) is 0 Å². The summed E-state index contributed by atoms with van der Waals surface area (Å²) in [6.45, 7) is 2.80. The van der Waals surface area contributed by atoms with Crippen LogP contribution >= 0.6 is 0 Å². The van der Waals surface area contributed by atoms with Crippen LogP contribution < -0.4 is 10.9 Å². The second kappa shape index (κ2) is 13.4. The Morgan fingerprint density at radius 1 is 0.442 bits per heavy atom. The molecule has 0 N–H and O–H groups in total. The summed E-state index contributed by atoms with van der Waals surface area (Å²) in [4.78, 5) is 0. The van der Waals surface area contributed by atoms with Gasteiger partial charge in [-0.15, -0.1) is 0 Å². The Hall–Kier alpha value is -4.92. The van der Waals surface area contributed by atoms with Crippen LogP contribution in [0.3, 0.4) is 0 Å². The normalized spacial score (nSPS) is 11.6. The lowest BCUT2D eigenvalue weighted by molar-refractivity contribution is 0.226. The summed E-state index contributed by atoms with van der Waals surface area (Å²) in [6.07, 6.45) is 0. The molecule has 0 aliphatic rings. The molecule has 0 aliphatic heterocycles. The highest BCUT2D eigenvalue weighted by Crippen LogP contribution is 2.28. The molecule has 0 radical (unpaired) electrons. The maximum absolute atomic E-state index is 5.72. The molecule has 0 atom stereocenters. The summed E-state index contributed by atoms with van der Waals surface area (Å²) in [7, 11) is 1.78. The predicted octanol–water partition coefficient (Wildman–Crippen LogP) is 8.96. The topological polar surface area (TPSA) is 9.23 Å². The molecule has 43 heavy (non-hydrogen) atoms. The van der Waals surface area contributed by atoms with Crippen molar-refractivity contribution in [3.05, 3.63) is 175 Å². The van der Waals surface area contributed by atoms with Crippen LogP contribution in [-0.4, -0.2) is 20.4 Å². The average Bonchev–Trinajstić information content (AvgIpc) is 3.09. The van der Waals surface area contributed by atoms with E-state index in [0.717, 1.165) is 0 Å². The third-order valence-electron chi connectivity index (χ3n) is 8.11. The minimum Gasteiger partial charge on any atom is -0.380 e. The minimum atomic E-state index is 0.0346. The van der Waals surface area contributed by atoms with Gasteiger partial charge in [-0.2, -0.15) is 0 Å². The fourth-order valence-corrected chi connectivity index (χ4v) is 5.95. The van der Waals surface area contributed by atoms with E-state index in [9.17, 15) is 0 Å². The van der Waals surface area contributed by atoms with E-state index < -0.39 is 0 Å². The first kappa shape index (κ1) is 28.2. The minimum absolute atomic E-state index is 0.0346. The first-order chi connectivity index (χ1) is 21.2. The molecule has 0 heterocycles. The van der Waals surface area contributed by atoms with Crippen LogP contribution in [0, 0.1) is 0 Å². The van der Waals surface area contributed by atoms with E-state index in [2.05, 4.69) is 171 Å². The van der Waals surface area contributed by atoms with Crippen molar-refractivity contribution in [2.45, 2.75) is 6.92 Å². The van der Waals surface area contributed by atoms with E-state index in [1.165, 1.54) is 60.9 Å². The maximum Gasteiger partial charge on any atom is 0.242 e. The lowest BCUT2D eigenvalue weighted by Crippen LogP contribution is -2.44. The van der Waals surface area contributed by atoms with Gasteiger partial charge in [-0.25, -0.2) is 0 Å². The molecule has 1 nitrogen and oxygen atoms in total. The standard InChI is InChI=1S/C41H35BO/c1-31(30-43-2)41(38-20-18-35(19-21-38)32-12-6-3-7-13-32)42(39-26-22-36(23-27-39)33-14-8-4-9-15-33)40-28-24-37(25-29-40)34-16-10-5-11-17-34/h3-29H,30H2,1-2H3/b41-31-. The molecule has 0 fully saturated rings. The molecule has 2 heteroatoms. The third kappa shape index (κ3) is 6.46. The summed E-state index contributed by atoms with van der Waals surface area (Å²) in [5, 5.41) is 0. The van der Waals surface area contributed by atoms with E-state index in [-0.39, 0.29) is 6.71 Å². The fraction of sp³-hybridized carbons (Fsp3) is 0.0732. The molecule has 0 aromatic heterocycles. The molecule has 0 unspecified atom stereocenters. The Balaban J connectivity index is 1.46. The predicted molar refractivity (Wildman–Crippen MR) is 185 cm³/mol. The van der Waals surface area contributed by atoms with Gasteiger partial charge in [0.25, 0.3) is 0 Å². The highest BCUT2D eigenvalue weighted by molar-refractivity contribution is 6.99. The fourth-order valence-electron chi connectivity index (χ4n) is 5.95. The van der Waals surface area contributed by atoms with Crippen molar-refractivity contribution in [1.29, 1.82) is 0 Å². The van der Waals surface area contributed by atoms with Crippen molar-refractivity contribution >= 4 is 23.1 Å². The SMILES string of the molecule is COC/C(C)=C(\B(c1ccc(-c2ccccc2)cc1)c1ccc(-c2ccccc2)cc1)c1ccc(-c2ccccc2)cc1. The Bertz CT molecular complexity index is 1690. The lowest BCUT2D eigenvalue weighted by atomic mass is 9.34. The number of hydrogen-bond donors (Lipinski definition) is 0. The van der Waals surface area contributed by atoms with E-state index in [4.69, 9.17) is 4.74 Å². The molecule has 0 bridgehead atoms. The zero-order chi connectivity index (χ0) is 29.4. The first-order valence-corrected chi connectivity index (χ1v) is 14.9. The zero-order valence-electron chi connectivity index (χ0n) is 24.8. The summed E-state index contributed by atoms with van der Waals surface area (Å²) in [5.74, 6) is 0. The summed E-state index contributed by atoms with van der Waals surface area (Å²) >= 11 is 0. The average molecular weight is 555 g/mol. The number of benzene rings is 6. The molecular weight excluding hydrogens is 519 g/mol. The molecule has 6 aromatic carbocycles. The highest BCUT2D eigenvalue weighted by atomic mass is 16.5.